The number of carboxylic acid groups (broad SMARTS) is 1. The minimum Gasteiger partial charge on any atom is -0.492 e. The van der Waals surface area contributed by atoms with E-state index in [-0.39, 0.29) is 36.1 Å². The first-order valence-corrected chi connectivity index (χ1v) is 6.24. The lowest BCUT2D eigenvalue weighted by molar-refractivity contribution is -0.384. The van der Waals surface area contributed by atoms with Gasteiger partial charge in [0.1, 0.15) is 5.75 Å². The standard InChI is InChI=1S/C12H14ClNO6/c1-2-19-10(12(15)16)5-6-20-11-7-8(14(17)18)3-4-9(11)13/h3-4,7,10H,2,5-6H2,1H3,(H,15,16). The summed E-state index contributed by atoms with van der Waals surface area (Å²) in [5, 5.41) is 19.7. The molecule has 0 aliphatic rings. The van der Waals surface area contributed by atoms with Crippen molar-refractivity contribution < 1.29 is 24.3 Å². The smallest absolute Gasteiger partial charge is 0.332 e. The van der Waals surface area contributed by atoms with Crippen LogP contribution in [-0.2, 0) is 9.53 Å². The molecule has 1 aromatic rings. The molecule has 0 aliphatic carbocycles. The quantitative estimate of drug-likeness (QED) is 0.585. The molecular formula is C12H14ClNO6. The van der Waals surface area contributed by atoms with E-state index in [1.165, 1.54) is 18.2 Å². The Labute approximate surface area is 120 Å². The molecule has 0 aromatic heterocycles. The Hall–Kier alpha value is -1.86. The molecule has 7 nitrogen and oxygen atoms in total. The van der Waals surface area contributed by atoms with Crippen LogP contribution in [0, 0.1) is 10.1 Å². The van der Waals surface area contributed by atoms with Crippen LogP contribution >= 0.6 is 11.6 Å². The Morgan fingerprint density at radius 3 is 2.80 bits per heavy atom. The van der Waals surface area contributed by atoms with Gasteiger partial charge < -0.3 is 14.6 Å². The van der Waals surface area contributed by atoms with Gasteiger partial charge in [-0.15, -0.1) is 0 Å². The number of rotatable bonds is 8. The van der Waals surface area contributed by atoms with Gasteiger partial charge in [-0.05, 0) is 13.0 Å². The van der Waals surface area contributed by atoms with E-state index in [4.69, 9.17) is 26.2 Å². The number of hydrogen-bond acceptors (Lipinski definition) is 5. The molecule has 0 aliphatic heterocycles. The molecule has 1 N–H and O–H groups in total. The molecule has 20 heavy (non-hydrogen) atoms. The van der Waals surface area contributed by atoms with Crippen LogP contribution in [0.5, 0.6) is 5.75 Å². The van der Waals surface area contributed by atoms with E-state index in [1.54, 1.807) is 6.92 Å². The van der Waals surface area contributed by atoms with Crippen molar-refractivity contribution in [1.82, 2.24) is 0 Å². The molecule has 1 unspecified atom stereocenters. The van der Waals surface area contributed by atoms with Crippen molar-refractivity contribution in [2.45, 2.75) is 19.4 Å². The first-order valence-electron chi connectivity index (χ1n) is 5.86. The molecule has 8 heteroatoms. The largest absolute Gasteiger partial charge is 0.492 e. The minimum atomic E-state index is -1.08. The number of carboxylic acids is 1. The van der Waals surface area contributed by atoms with E-state index in [0.717, 1.165) is 0 Å². The van der Waals surface area contributed by atoms with Crippen LogP contribution in [-0.4, -0.2) is 35.3 Å². The second-order valence-electron chi connectivity index (χ2n) is 3.79. The molecule has 0 fully saturated rings. The number of aliphatic carboxylic acids is 1. The van der Waals surface area contributed by atoms with Gasteiger partial charge >= 0.3 is 5.97 Å². The van der Waals surface area contributed by atoms with Gasteiger partial charge in [-0.2, -0.15) is 0 Å². The van der Waals surface area contributed by atoms with Gasteiger partial charge in [-0.25, -0.2) is 4.79 Å². The second-order valence-corrected chi connectivity index (χ2v) is 4.20. The lowest BCUT2D eigenvalue weighted by Gasteiger charge is -2.13. The number of halogens is 1. The average Bonchev–Trinajstić information content (AvgIpc) is 2.39. The molecule has 0 radical (unpaired) electrons. The fourth-order valence-electron chi connectivity index (χ4n) is 1.47. The van der Waals surface area contributed by atoms with Crippen molar-refractivity contribution in [1.29, 1.82) is 0 Å². The minimum absolute atomic E-state index is 0.0256. The zero-order chi connectivity index (χ0) is 15.1. The normalized spacial score (nSPS) is 11.9. The van der Waals surface area contributed by atoms with Gasteiger partial charge in [-0.1, -0.05) is 11.6 Å². The molecule has 0 spiro atoms. The van der Waals surface area contributed by atoms with E-state index >= 15 is 0 Å². The Kier molecular flexibility index (Phi) is 6.20. The fourth-order valence-corrected chi connectivity index (χ4v) is 1.64. The van der Waals surface area contributed by atoms with E-state index in [9.17, 15) is 14.9 Å². The van der Waals surface area contributed by atoms with Crippen molar-refractivity contribution in [3.05, 3.63) is 33.3 Å². The Morgan fingerprint density at radius 2 is 2.25 bits per heavy atom. The number of carbonyl (C=O) groups is 1. The van der Waals surface area contributed by atoms with Gasteiger partial charge in [0, 0.05) is 19.1 Å². The van der Waals surface area contributed by atoms with Crippen molar-refractivity contribution in [2.24, 2.45) is 0 Å². The first kappa shape index (κ1) is 16.2. The monoisotopic (exact) mass is 303 g/mol. The van der Waals surface area contributed by atoms with Crippen LogP contribution in [0.25, 0.3) is 0 Å². The highest BCUT2D eigenvalue weighted by Crippen LogP contribution is 2.29. The molecule has 0 bridgehead atoms. The van der Waals surface area contributed by atoms with Crippen LogP contribution in [0.2, 0.25) is 5.02 Å². The van der Waals surface area contributed by atoms with Crippen LogP contribution in [0.1, 0.15) is 13.3 Å². The molecule has 1 rings (SSSR count). The SMILES string of the molecule is CCOC(CCOc1cc([N+](=O)[O-])ccc1Cl)C(=O)O. The number of nitrogens with zero attached hydrogens (tertiary/aromatic N) is 1. The molecule has 0 heterocycles. The topological polar surface area (TPSA) is 98.9 Å². The summed E-state index contributed by atoms with van der Waals surface area (Å²) in [6.07, 6.45) is -0.861. The highest BCUT2D eigenvalue weighted by Gasteiger charge is 2.18. The summed E-state index contributed by atoms with van der Waals surface area (Å²) in [5.41, 5.74) is -0.149. The average molecular weight is 304 g/mol. The molecule has 0 amide bonds. The van der Waals surface area contributed by atoms with Crippen LogP contribution in [0.15, 0.2) is 18.2 Å². The van der Waals surface area contributed by atoms with Crippen molar-refractivity contribution in [3.63, 3.8) is 0 Å². The third-order valence-electron chi connectivity index (χ3n) is 2.41. The second kappa shape index (κ2) is 7.66. The van der Waals surface area contributed by atoms with Gasteiger partial charge in [-0.3, -0.25) is 10.1 Å². The lowest BCUT2D eigenvalue weighted by atomic mass is 10.2. The maximum atomic E-state index is 10.8. The van der Waals surface area contributed by atoms with Gasteiger partial charge in [0.2, 0.25) is 0 Å². The van der Waals surface area contributed by atoms with Crippen molar-refractivity contribution >= 4 is 23.3 Å². The number of hydrogen-bond donors (Lipinski definition) is 1. The Bertz CT molecular complexity index is 493. The lowest BCUT2D eigenvalue weighted by Crippen LogP contribution is -2.26. The van der Waals surface area contributed by atoms with Crippen LogP contribution in [0.4, 0.5) is 5.69 Å². The zero-order valence-corrected chi connectivity index (χ0v) is 11.5. The molecule has 1 atom stereocenters. The molecule has 1 aromatic carbocycles. The fraction of sp³-hybridized carbons (Fsp3) is 0.417. The number of benzene rings is 1. The van der Waals surface area contributed by atoms with E-state index in [2.05, 4.69) is 0 Å². The summed E-state index contributed by atoms with van der Waals surface area (Å²) in [5.74, 6) is -0.943. The van der Waals surface area contributed by atoms with Crippen LogP contribution in [0.3, 0.4) is 0 Å². The van der Waals surface area contributed by atoms with E-state index in [0.29, 0.717) is 0 Å². The van der Waals surface area contributed by atoms with Gasteiger partial charge in [0.25, 0.3) is 5.69 Å². The van der Waals surface area contributed by atoms with E-state index in [1.807, 2.05) is 0 Å². The summed E-state index contributed by atoms with van der Waals surface area (Å²) < 4.78 is 10.3. The number of nitro groups is 1. The highest BCUT2D eigenvalue weighted by atomic mass is 35.5. The first-order chi connectivity index (χ1) is 9.45. The molecular weight excluding hydrogens is 290 g/mol. The third kappa shape index (κ3) is 4.67. The predicted molar refractivity (Wildman–Crippen MR) is 71.3 cm³/mol. The third-order valence-corrected chi connectivity index (χ3v) is 2.72. The number of ether oxygens (including phenoxy) is 2. The van der Waals surface area contributed by atoms with Crippen LogP contribution < -0.4 is 4.74 Å². The highest BCUT2D eigenvalue weighted by molar-refractivity contribution is 6.32. The summed E-state index contributed by atoms with van der Waals surface area (Å²) in [6, 6.07) is 3.81. The maximum Gasteiger partial charge on any atom is 0.332 e. The number of nitro benzene ring substituents is 1. The summed E-state index contributed by atoms with van der Waals surface area (Å²) in [7, 11) is 0. The van der Waals surface area contributed by atoms with E-state index < -0.39 is 17.0 Å². The summed E-state index contributed by atoms with van der Waals surface area (Å²) in [4.78, 5) is 20.9. The Morgan fingerprint density at radius 1 is 1.55 bits per heavy atom. The summed E-state index contributed by atoms with van der Waals surface area (Å²) >= 11 is 5.84. The maximum absolute atomic E-state index is 10.8. The molecule has 0 saturated carbocycles. The molecule has 110 valence electrons. The molecule has 0 saturated heterocycles. The van der Waals surface area contributed by atoms with Crippen molar-refractivity contribution in [2.75, 3.05) is 13.2 Å². The number of non-ortho nitro benzene ring substituents is 1. The van der Waals surface area contributed by atoms with Gasteiger partial charge in [0.15, 0.2) is 6.10 Å². The zero-order valence-electron chi connectivity index (χ0n) is 10.7. The Balaban J connectivity index is 2.63. The predicted octanol–water partition coefficient (Wildman–Crippen LogP) is 2.51. The van der Waals surface area contributed by atoms with Crippen molar-refractivity contribution in [3.8, 4) is 5.75 Å². The van der Waals surface area contributed by atoms with Gasteiger partial charge in [0.05, 0.1) is 22.6 Å². The summed E-state index contributed by atoms with van der Waals surface area (Å²) in [6.45, 7) is 1.99.